The van der Waals surface area contributed by atoms with Crippen molar-refractivity contribution >= 4 is 23.6 Å². The molecule has 0 spiro atoms. The number of nitrogens with zero attached hydrogens (tertiary/aromatic N) is 2. The SMILES string of the molecule is CCOCCCNC(=NCC(=O)N(C)C)NCCSC. The monoisotopic (exact) mass is 304 g/mol. The Balaban J connectivity index is 4.11. The van der Waals surface area contributed by atoms with Gasteiger partial charge < -0.3 is 20.3 Å². The Morgan fingerprint density at radius 2 is 2.00 bits per heavy atom. The lowest BCUT2D eigenvalue weighted by atomic mass is 10.4. The summed E-state index contributed by atoms with van der Waals surface area (Å²) in [5.74, 6) is 1.68. The molecule has 0 aliphatic rings. The van der Waals surface area contributed by atoms with Crippen LogP contribution in [0, 0.1) is 0 Å². The molecule has 1 amide bonds. The van der Waals surface area contributed by atoms with Gasteiger partial charge in [0.2, 0.25) is 5.91 Å². The van der Waals surface area contributed by atoms with Gasteiger partial charge in [-0.05, 0) is 19.6 Å². The van der Waals surface area contributed by atoms with E-state index in [1.165, 1.54) is 4.90 Å². The zero-order valence-electron chi connectivity index (χ0n) is 13.1. The van der Waals surface area contributed by atoms with Crippen molar-refractivity contribution in [1.29, 1.82) is 0 Å². The van der Waals surface area contributed by atoms with Crippen molar-refractivity contribution in [2.24, 2.45) is 4.99 Å². The molecule has 0 radical (unpaired) electrons. The zero-order chi connectivity index (χ0) is 15.2. The van der Waals surface area contributed by atoms with Gasteiger partial charge in [-0.15, -0.1) is 0 Å². The quantitative estimate of drug-likeness (QED) is 0.347. The van der Waals surface area contributed by atoms with Crippen LogP contribution in [0.5, 0.6) is 0 Å². The molecule has 0 aromatic carbocycles. The summed E-state index contributed by atoms with van der Waals surface area (Å²) in [5, 5.41) is 6.42. The summed E-state index contributed by atoms with van der Waals surface area (Å²) in [6.07, 6.45) is 2.97. The molecule has 0 rings (SSSR count). The van der Waals surface area contributed by atoms with E-state index in [0.29, 0.717) is 5.96 Å². The van der Waals surface area contributed by atoms with E-state index in [1.54, 1.807) is 25.9 Å². The Bertz CT molecular complexity index is 286. The van der Waals surface area contributed by atoms with Gasteiger partial charge in [0, 0.05) is 46.2 Å². The minimum atomic E-state index is -0.00900. The number of guanidine groups is 1. The molecule has 20 heavy (non-hydrogen) atoms. The molecule has 0 unspecified atom stereocenters. The topological polar surface area (TPSA) is 66.0 Å². The van der Waals surface area contributed by atoms with Gasteiger partial charge >= 0.3 is 0 Å². The van der Waals surface area contributed by atoms with Crippen LogP contribution in [-0.2, 0) is 9.53 Å². The van der Waals surface area contributed by atoms with Gasteiger partial charge in [-0.2, -0.15) is 11.8 Å². The third kappa shape index (κ3) is 10.9. The Morgan fingerprint density at radius 3 is 2.60 bits per heavy atom. The lowest BCUT2D eigenvalue weighted by Gasteiger charge is -2.13. The van der Waals surface area contributed by atoms with Crippen LogP contribution < -0.4 is 10.6 Å². The fourth-order valence-electron chi connectivity index (χ4n) is 1.26. The molecule has 0 saturated heterocycles. The first-order valence-electron chi connectivity index (χ1n) is 6.90. The highest BCUT2D eigenvalue weighted by atomic mass is 32.2. The summed E-state index contributed by atoms with van der Waals surface area (Å²) in [7, 11) is 3.46. The van der Waals surface area contributed by atoms with E-state index < -0.39 is 0 Å². The number of aliphatic imine (C=N–C) groups is 1. The maximum Gasteiger partial charge on any atom is 0.243 e. The zero-order valence-corrected chi connectivity index (χ0v) is 13.9. The molecule has 118 valence electrons. The fraction of sp³-hybridized carbons (Fsp3) is 0.846. The van der Waals surface area contributed by atoms with E-state index in [9.17, 15) is 4.79 Å². The molecule has 0 saturated carbocycles. The van der Waals surface area contributed by atoms with Gasteiger partial charge in [0.05, 0.1) is 0 Å². The first kappa shape index (κ1) is 19.1. The number of likely N-dealkylation sites (N-methyl/N-ethyl adjacent to an activating group) is 1. The van der Waals surface area contributed by atoms with Crippen LogP contribution >= 0.6 is 11.8 Å². The summed E-state index contributed by atoms with van der Waals surface area (Å²) >= 11 is 1.77. The molecule has 6 nitrogen and oxygen atoms in total. The van der Waals surface area contributed by atoms with Gasteiger partial charge in [0.15, 0.2) is 5.96 Å². The molecule has 7 heteroatoms. The first-order valence-corrected chi connectivity index (χ1v) is 8.30. The highest BCUT2D eigenvalue weighted by Gasteiger charge is 2.04. The Labute approximate surface area is 126 Å². The summed E-state index contributed by atoms with van der Waals surface area (Å²) in [5.41, 5.74) is 0. The predicted octanol–water partition coefficient (Wildman–Crippen LogP) is 0.399. The first-order chi connectivity index (χ1) is 9.61. The van der Waals surface area contributed by atoms with Crippen LogP contribution in [0.25, 0.3) is 0 Å². The van der Waals surface area contributed by atoms with E-state index in [-0.39, 0.29) is 12.5 Å². The number of carbonyl (C=O) groups excluding carboxylic acids is 1. The normalized spacial score (nSPS) is 11.3. The number of ether oxygens (including phenoxy) is 1. The van der Waals surface area contributed by atoms with E-state index in [0.717, 1.165) is 38.5 Å². The van der Waals surface area contributed by atoms with Crippen LogP contribution in [0.2, 0.25) is 0 Å². The van der Waals surface area contributed by atoms with Gasteiger partial charge in [-0.1, -0.05) is 0 Å². The molecule has 0 atom stereocenters. The lowest BCUT2D eigenvalue weighted by Crippen LogP contribution is -2.40. The summed E-state index contributed by atoms with van der Waals surface area (Å²) in [4.78, 5) is 17.4. The molecular formula is C13H28N4O2S. The average Bonchev–Trinajstić information content (AvgIpc) is 2.43. The Hall–Kier alpha value is -0.950. The maximum atomic E-state index is 11.5. The van der Waals surface area contributed by atoms with E-state index in [1.807, 2.05) is 6.92 Å². The number of nitrogens with one attached hydrogen (secondary N) is 2. The molecule has 2 N–H and O–H groups in total. The van der Waals surface area contributed by atoms with Crippen molar-refractivity contribution in [3.05, 3.63) is 0 Å². The van der Waals surface area contributed by atoms with E-state index >= 15 is 0 Å². The molecule has 0 aliphatic heterocycles. The summed E-state index contributed by atoms with van der Waals surface area (Å²) in [6.45, 7) is 5.22. The fourth-order valence-corrected chi connectivity index (χ4v) is 1.57. The standard InChI is InChI=1S/C13H28N4O2S/c1-5-19-9-6-7-14-13(15-8-10-20-4)16-11-12(18)17(2)3/h5-11H2,1-4H3,(H2,14,15,16). The number of hydrogen-bond donors (Lipinski definition) is 2. The second kappa shape index (κ2) is 13.1. The van der Waals surface area contributed by atoms with Crippen molar-refractivity contribution in [1.82, 2.24) is 15.5 Å². The largest absolute Gasteiger partial charge is 0.382 e. The number of thioether (sulfide) groups is 1. The number of carbonyl (C=O) groups is 1. The Kier molecular flexibility index (Phi) is 12.4. The summed E-state index contributed by atoms with van der Waals surface area (Å²) < 4.78 is 5.28. The molecule has 0 fully saturated rings. The van der Waals surface area contributed by atoms with Gasteiger partial charge in [-0.25, -0.2) is 4.99 Å². The molecular weight excluding hydrogens is 276 g/mol. The number of hydrogen-bond acceptors (Lipinski definition) is 4. The van der Waals surface area contributed by atoms with Crippen molar-refractivity contribution < 1.29 is 9.53 Å². The summed E-state index contributed by atoms with van der Waals surface area (Å²) in [6, 6.07) is 0. The third-order valence-electron chi connectivity index (χ3n) is 2.43. The van der Waals surface area contributed by atoms with E-state index in [2.05, 4.69) is 21.9 Å². The van der Waals surface area contributed by atoms with Crippen molar-refractivity contribution in [2.75, 3.05) is 59.0 Å². The predicted molar refractivity (Wildman–Crippen MR) is 86.5 cm³/mol. The number of rotatable bonds is 10. The second-order valence-corrected chi connectivity index (χ2v) is 5.34. The highest BCUT2D eigenvalue weighted by Crippen LogP contribution is 1.88. The van der Waals surface area contributed by atoms with Crippen LogP contribution in [-0.4, -0.2) is 75.7 Å². The highest BCUT2D eigenvalue weighted by molar-refractivity contribution is 7.98. The van der Waals surface area contributed by atoms with Crippen LogP contribution in [0.1, 0.15) is 13.3 Å². The average molecular weight is 304 g/mol. The smallest absolute Gasteiger partial charge is 0.243 e. The van der Waals surface area contributed by atoms with Crippen molar-refractivity contribution in [3.8, 4) is 0 Å². The lowest BCUT2D eigenvalue weighted by molar-refractivity contribution is -0.127. The second-order valence-electron chi connectivity index (χ2n) is 4.35. The molecule has 0 aliphatic carbocycles. The molecule has 0 bridgehead atoms. The molecule has 0 aromatic heterocycles. The minimum absolute atomic E-state index is 0.00900. The molecule has 0 heterocycles. The van der Waals surface area contributed by atoms with Gasteiger partial charge in [-0.3, -0.25) is 4.79 Å². The Morgan fingerprint density at radius 1 is 1.30 bits per heavy atom. The van der Waals surface area contributed by atoms with Crippen LogP contribution in [0.15, 0.2) is 4.99 Å². The minimum Gasteiger partial charge on any atom is -0.382 e. The van der Waals surface area contributed by atoms with Crippen LogP contribution in [0.3, 0.4) is 0 Å². The van der Waals surface area contributed by atoms with E-state index in [4.69, 9.17) is 4.74 Å². The maximum absolute atomic E-state index is 11.5. The van der Waals surface area contributed by atoms with Gasteiger partial charge in [0.1, 0.15) is 6.54 Å². The molecule has 0 aromatic rings. The van der Waals surface area contributed by atoms with Crippen LogP contribution in [0.4, 0.5) is 0 Å². The number of amides is 1. The van der Waals surface area contributed by atoms with Gasteiger partial charge in [0.25, 0.3) is 0 Å². The van der Waals surface area contributed by atoms with Crippen molar-refractivity contribution in [3.63, 3.8) is 0 Å². The van der Waals surface area contributed by atoms with Crippen molar-refractivity contribution in [2.45, 2.75) is 13.3 Å². The third-order valence-corrected chi connectivity index (χ3v) is 3.04.